The van der Waals surface area contributed by atoms with Crippen molar-refractivity contribution in [2.24, 2.45) is 5.41 Å². The Morgan fingerprint density at radius 1 is 1.41 bits per heavy atom. The molecule has 0 heterocycles. The van der Waals surface area contributed by atoms with Crippen LogP contribution in [0, 0.1) is 5.41 Å². The third kappa shape index (κ3) is 2.70. The van der Waals surface area contributed by atoms with Crippen LogP contribution in [0.15, 0.2) is 24.3 Å². The summed E-state index contributed by atoms with van der Waals surface area (Å²) in [5.74, 6) is 0.133. The Morgan fingerprint density at radius 2 is 2.06 bits per heavy atom. The van der Waals surface area contributed by atoms with Crippen molar-refractivity contribution in [2.75, 3.05) is 18.5 Å². The van der Waals surface area contributed by atoms with Crippen molar-refractivity contribution in [2.45, 2.75) is 19.8 Å². The first kappa shape index (κ1) is 11.8. The Bertz CT molecular complexity index is 396. The molecule has 0 aromatic heterocycles. The monoisotopic (exact) mass is 235 g/mol. The number of carbonyl (C=O) groups is 1. The summed E-state index contributed by atoms with van der Waals surface area (Å²) >= 11 is 0. The van der Waals surface area contributed by atoms with Gasteiger partial charge in [-0.2, -0.15) is 0 Å². The van der Waals surface area contributed by atoms with Crippen LogP contribution in [0.3, 0.4) is 0 Å². The zero-order valence-corrected chi connectivity index (χ0v) is 9.90. The fourth-order valence-corrected chi connectivity index (χ4v) is 1.72. The highest BCUT2D eigenvalue weighted by molar-refractivity contribution is 5.78. The van der Waals surface area contributed by atoms with Crippen LogP contribution >= 0.6 is 0 Å². The quantitative estimate of drug-likeness (QED) is 0.794. The van der Waals surface area contributed by atoms with Gasteiger partial charge >= 0.3 is 5.97 Å². The van der Waals surface area contributed by atoms with E-state index in [2.05, 4.69) is 5.32 Å². The molecular weight excluding hydrogens is 218 g/mol. The molecule has 1 saturated carbocycles. The second-order valence-electron chi connectivity index (χ2n) is 4.40. The van der Waals surface area contributed by atoms with Gasteiger partial charge in [-0.05, 0) is 44.0 Å². The molecule has 4 nitrogen and oxygen atoms in total. The molecule has 0 saturated heterocycles. The summed E-state index contributed by atoms with van der Waals surface area (Å²) in [4.78, 5) is 11.0. The largest absolute Gasteiger partial charge is 0.494 e. The highest BCUT2D eigenvalue weighted by atomic mass is 16.5. The van der Waals surface area contributed by atoms with Crippen molar-refractivity contribution in [3.8, 4) is 5.75 Å². The number of carboxylic acids is 1. The molecule has 0 spiro atoms. The van der Waals surface area contributed by atoms with E-state index in [9.17, 15) is 4.79 Å². The zero-order chi connectivity index (χ0) is 12.3. The first-order valence-electron chi connectivity index (χ1n) is 5.86. The number of hydrogen-bond donors (Lipinski definition) is 2. The molecule has 1 aliphatic carbocycles. The second-order valence-corrected chi connectivity index (χ2v) is 4.40. The lowest BCUT2D eigenvalue weighted by Crippen LogP contribution is -2.24. The molecule has 2 N–H and O–H groups in total. The number of hydrogen-bond acceptors (Lipinski definition) is 3. The molecule has 1 aliphatic rings. The van der Waals surface area contributed by atoms with Gasteiger partial charge in [0.05, 0.1) is 12.0 Å². The van der Waals surface area contributed by atoms with Gasteiger partial charge in [0.2, 0.25) is 0 Å². The summed E-state index contributed by atoms with van der Waals surface area (Å²) in [7, 11) is 0. The SMILES string of the molecule is CCOc1ccc(NCC2(C(=O)O)CC2)cc1. The number of anilines is 1. The lowest BCUT2D eigenvalue weighted by atomic mass is 10.1. The van der Waals surface area contributed by atoms with Gasteiger partial charge in [-0.1, -0.05) is 0 Å². The number of benzene rings is 1. The first-order valence-corrected chi connectivity index (χ1v) is 5.86. The highest BCUT2D eigenvalue weighted by Gasteiger charge is 2.49. The van der Waals surface area contributed by atoms with Crippen LogP contribution in [0.1, 0.15) is 19.8 Å². The molecule has 2 rings (SSSR count). The summed E-state index contributed by atoms with van der Waals surface area (Å²) in [5.41, 5.74) is 0.402. The van der Waals surface area contributed by atoms with Crippen LogP contribution in [0.5, 0.6) is 5.75 Å². The smallest absolute Gasteiger partial charge is 0.311 e. The van der Waals surface area contributed by atoms with Gasteiger partial charge in [0.25, 0.3) is 0 Å². The third-order valence-corrected chi connectivity index (χ3v) is 3.10. The second kappa shape index (κ2) is 4.65. The summed E-state index contributed by atoms with van der Waals surface area (Å²) in [6.07, 6.45) is 1.54. The molecule has 0 atom stereocenters. The van der Waals surface area contributed by atoms with E-state index in [1.54, 1.807) is 0 Å². The normalized spacial score (nSPS) is 16.3. The van der Waals surface area contributed by atoms with E-state index in [-0.39, 0.29) is 0 Å². The van der Waals surface area contributed by atoms with Crippen molar-refractivity contribution in [1.82, 2.24) is 0 Å². The van der Waals surface area contributed by atoms with E-state index in [0.717, 1.165) is 24.3 Å². The van der Waals surface area contributed by atoms with Crippen molar-refractivity contribution < 1.29 is 14.6 Å². The number of aliphatic carboxylic acids is 1. The maximum Gasteiger partial charge on any atom is 0.311 e. The van der Waals surface area contributed by atoms with Crippen LogP contribution in [-0.2, 0) is 4.79 Å². The molecule has 0 unspecified atom stereocenters. The fourth-order valence-electron chi connectivity index (χ4n) is 1.72. The minimum atomic E-state index is -0.698. The molecule has 0 radical (unpaired) electrons. The van der Waals surface area contributed by atoms with Crippen molar-refractivity contribution in [1.29, 1.82) is 0 Å². The van der Waals surface area contributed by atoms with Gasteiger partial charge in [0.15, 0.2) is 0 Å². The van der Waals surface area contributed by atoms with Gasteiger partial charge in [0.1, 0.15) is 5.75 Å². The molecule has 1 aromatic carbocycles. The average Bonchev–Trinajstić information content (AvgIpc) is 3.10. The lowest BCUT2D eigenvalue weighted by molar-refractivity contribution is -0.142. The van der Waals surface area contributed by atoms with E-state index in [1.807, 2.05) is 31.2 Å². The van der Waals surface area contributed by atoms with E-state index in [0.29, 0.717) is 13.2 Å². The van der Waals surface area contributed by atoms with Gasteiger partial charge in [-0.25, -0.2) is 0 Å². The predicted molar refractivity (Wildman–Crippen MR) is 65.4 cm³/mol. The van der Waals surface area contributed by atoms with Crippen LogP contribution in [0.25, 0.3) is 0 Å². The van der Waals surface area contributed by atoms with Gasteiger partial charge in [-0.15, -0.1) is 0 Å². The van der Waals surface area contributed by atoms with E-state index >= 15 is 0 Å². The van der Waals surface area contributed by atoms with Crippen LogP contribution in [-0.4, -0.2) is 24.2 Å². The Labute approximate surface area is 101 Å². The molecule has 92 valence electrons. The zero-order valence-electron chi connectivity index (χ0n) is 9.90. The first-order chi connectivity index (χ1) is 8.16. The minimum absolute atomic E-state index is 0.496. The Kier molecular flexibility index (Phi) is 3.22. The summed E-state index contributed by atoms with van der Waals surface area (Å²) < 4.78 is 5.33. The maximum atomic E-state index is 11.0. The van der Waals surface area contributed by atoms with Crippen molar-refractivity contribution in [3.05, 3.63) is 24.3 Å². The minimum Gasteiger partial charge on any atom is -0.494 e. The number of ether oxygens (including phenoxy) is 1. The molecular formula is C13H17NO3. The summed E-state index contributed by atoms with van der Waals surface area (Å²) in [6, 6.07) is 7.57. The molecule has 0 bridgehead atoms. The lowest BCUT2D eigenvalue weighted by Gasteiger charge is -2.12. The van der Waals surface area contributed by atoms with Crippen LogP contribution in [0.2, 0.25) is 0 Å². The molecule has 17 heavy (non-hydrogen) atoms. The van der Waals surface area contributed by atoms with Gasteiger partial charge in [-0.3, -0.25) is 4.79 Å². The fraction of sp³-hybridized carbons (Fsp3) is 0.462. The van der Waals surface area contributed by atoms with Crippen molar-refractivity contribution in [3.63, 3.8) is 0 Å². The predicted octanol–water partition coefficient (Wildman–Crippen LogP) is 2.36. The van der Waals surface area contributed by atoms with Crippen molar-refractivity contribution >= 4 is 11.7 Å². The Morgan fingerprint density at radius 3 is 2.53 bits per heavy atom. The molecule has 4 heteroatoms. The average molecular weight is 235 g/mol. The van der Waals surface area contributed by atoms with E-state index in [1.165, 1.54) is 0 Å². The topological polar surface area (TPSA) is 58.6 Å². The summed E-state index contributed by atoms with van der Waals surface area (Å²) in [6.45, 7) is 3.08. The maximum absolute atomic E-state index is 11.0. The van der Waals surface area contributed by atoms with E-state index < -0.39 is 11.4 Å². The summed E-state index contributed by atoms with van der Waals surface area (Å²) in [5, 5.41) is 12.2. The third-order valence-electron chi connectivity index (χ3n) is 3.10. The molecule has 1 fully saturated rings. The van der Waals surface area contributed by atoms with Crippen LogP contribution in [0.4, 0.5) is 5.69 Å². The Hall–Kier alpha value is -1.71. The van der Waals surface area contributed by atoms with Crippen LogP contribution < -0.4 is 10.1 Å². The number of rotatable bonds is 6. The molecule has 0 aliphatic heterocycles. The standard InChI is InChI=1S/C13H17NO3/c1-2-17-11-5-3-10(4-6-11)14-9-13(7-8-13)12(15)16/h3-6,14H,2,7-9H2,1H3,(H,15,16). The van der Waals surface area contributed by atoms with E-state index in [4.69, 9.17) is 9.84 Å². The molecule has 1 aromatic rings. The number of carboxylic acid groups (broad SMARTS) is 1. The molecule has 0 amide bonds. The number of nitrogens with one attached hydrogen (secondary N) is 1. The highest BCUT2D eigenvalue weighted by Crippen LogP contribution is 2.45. The van der Waals surface area contributed by atoms with Gasteiger partial charge in [0, 0.05) is 12.2 Å². The Balaban J connectivity index is 1.89. The van der Waals surface area contributed by atoms with Gasteiger partial charge < -0.3 is 15.2 Å².